The molecule has 1 aliphatic rings. The van der Waals surface area contributed by atoms with E-state index in [1.807, 2.05) is 35.2 Å². The quantitative estimate of drug-likeness (QED) is 0.761. The molecule has 0 bridgehead atoms. The number of benzene rings is 1. The summed E-state index contributed by atoms with van der Waals surface area (Å²) in [6.45, 7) is 2.91. The van der Waals surface area contributed by atoms with Crippen molar-refractivity contribution in [1.82, 2.24) is 20.2 Å². The molecule has 3 N–H and O–H groups in total. The molecule has 8 nitrogen and oxygen atoms in total. The Bertz CT molecular complexity index is 747. The largest absolute Gasteiger partial charge is 0.354 e. The van der Waals surface area contributed by atoms with Crippen LogP contribution in [0.5, 0.6) is 0 Å². The molecule has 1 aromatic heterocycles. The van der Waals surface area contributed by atoms with E-state index < -0.39 is 6.04 Å². The third-order valence-electron chi connectivity index (χ3n) is 4.55. The standard InChI is InChI=1S/C19H24N6O2/c20-17(15-5-2-1-3-6-15)18(27)21-10-7-16(26)24-11-13-25(14-12-24)19-22-8-4-9-23-19/h1-6,8-9,17H,7,10-14,20H2,(H,21,27). The van der Waals surface area contributed by atoms with Crippen LogP contribution in [0.15, 0.2) is 48.8 Å². The zero-order valence-electron chi connectivity index (χ0n) is 15.1. The van der Waals surface area contributed by atoms with E-state index in [1.165, 1.54) is 0 Å². The minimum Gasteiger partial charge on any atom is -0.354 e. The molecular formula is C19H24N6O2. The molecule has 8 heteroatoms. The van der Waals surface area contributed by atoms with Crippen molar-refractivity contribution in [3.05, 3.63) is 54.4 Å². The van der Waals surface area contributed by atoms with Crippen LogP contribution in [0.2, 0.25) is 0 Å². The van der Waals surface area contributed by atoms with E-state index >= 15 is 0 Å². The van der Waals surface area contributed by atoms with Crippen LogP contribution in [0.1, 0.15) is 18.0 Å². The van der Waals surface area contributed by atoms with Gasteiger partial charge in [0.05, 0.1) is 0 Å². The van der Waals surface area contributed by atoms with Gasteiger partial charge in [0.25, 0.3) is 0 Å². The van der Waals surface area contributed by atoms with Gasteiger partial charge in [-0.25, -0.2) is 9.97 Å². The molecule has 2 heterocycles. The van der Waals surface area contributed by atoms with Crippen molar-refractivity contribution in [2.24, 2.45) is 5.73 Å². The number of nitrogens with one attached hydrogen (secondary N) is 1. The second kappa shape index (κ2) is 9.09. The van der Waals surface area contributed by atoms with Crippen molar-refractivity contribution in [1.29, 1.82) is 0 Å². The number of aromatic nitrogens is 2. The normalized spacial score (nSPS) is 15.3. The van der Waals surface area contributed by atoms with Gasteiger partial charge in [0.1, 0.15) is 6.04 Å². The molecule has 27 heavy (non-hydrogen) atoms. The van der Waals surface area contributed by atoms with E-state index in [9.17, 15) is 9.59 Å². The molecule has 1 fully saturated rings. The Morgan fingerprint density at radius 3 is 2.37 bits per heavy atom. The van der Waals surface area contributed by atoms with Gasteiger partial charge in [-0.1, -0.05) is 30.3 Å². The highest BCUT2D eigenvalue weighted by Gasteiger charge is 2.22. The van der Waals surface area contributed by atoms with Crippen molar-refractivity contribution in [2.75, 3.05) is 37.6 Å². The number of nitrogens with two attached hydrogens (primary N) is 1. The lowest BCUT2D eigenvalue weighted by Gasteiger charge is -2.34. The number of piperazine rings is 1. The summed E-state index contributed by atoms with van der Waals surface area (Å²) in [4.78, 5) is 36.8. The van der Waals surface area contributed by atoms with Gasteiger partial charge in [0.15, 0.2) is 0 Å². The van der Waals surface area contributed by atoms with Crippen LogP contribution in [0, 0.1) is 0 Å². The van der Waals surface area contributed by atoms with E-state index in [2.05, 4.69) is 20.2 Å². The average molecular weight is 368 g/mol. The molecule has 1 unspecified atom stereocenters. The van der Waals surface area contributed by atoms with E-state index in [0.717, 1.165) is 5.56 Å². The Kier molecular flexibility index (Phi) is 6.32. The molecule has 2 aromatic rings. The first-order valence-electron chi connectivity index (χ1n) is 9.03. The van der Waals surface area contributed by atoms with Gasteiger partial charge in [-0.3, -0.25) is 9.59 Å². The van der Waals surface area contributed by atoms with Gasteiger partial charge < -0.3 is 20.9 Å². The second-order valence-corrected chi connectivity index (χ2v) is 6.35. The molecular weight excluding hydrogens is 344 g/mol. The summed E-state index contributed by atoms with van der Waals surface area (Å²) in [6.07, 6.45) is 3.68. The van der Waals surface area contributed by atoms with Crippen molar-refractivity contribution in [2.45, 2.75) is 12.5 Å². The SMILES string of the molecule is NC(C(=O)NCCC(=O)N1CCN(c2ncccn2)CC1)c1ccccc1. The lowest BCUT2D eigenvalue weighted by atomic mass is 10.1. The van der Waals surface area contributed by atoms with Gasteiger partial charge in [0.2, 0.25) is 17.8 Å². The number of carbonyl (C=O) groups excluding carboxylic acids is 2. The number of nitrogens with zero attached hydrogens (tertiary/aromatic N) is 4. The monoisotopic (exact) mass is 368 g/mol. The third kappa shape index (κ3) is 5.01. The van der Waals surface area contributed by atoms with E-state index in [-0.39, 0.29) is 24.8 Å². The van der Waals surface area contributed by atoms with Crippen LogP contribution in [0.4, 0.5) is 5.95 Å². The predicted octanol–water partition coefficient (Wildman–Crippen LogP) is 0.332. The summed E-state index contributed by atoms with van der Waals surface area (Å²) in [6, 6.07) is 10.2. The first-order valence-corrected chi connectivity index (χ1v) is 9.03. The molecule has 0 saturated carbocycles. The zero-order valence-corrected chi connectivity index (χ0v) is 15.1. The molecule has 1 saturated heterocycles. The molecule has 1 aromatic carbocycles. The maximum absolute atomic E-state index is 12.4. The van der Waals surface area contributed by atoms with E-state index in [1.54, 1.807) is 18.5 Å². The van der Waals surface area contributed by atoms with E-state index in [4.69, 9.17) is 5.73 Å². The Morgan fingerprint density at radius 2 is 1.70 bits per heavy atom. The maximum Gasteiger partial charge on any atom is 0.241 e. The Hall–Kier alpha value is -3.00. The molecule has 0 spiro atoms. The van der Waals surface area contributed by atoms with Crippen LogP contribution in [0.25, 0.3) is 0 Å². The first kappa shape index (κ1) is 18.8. The van der Waals surface area contributed by atoms with Crippen LogP contribution in [-0.2, 0) is 9.59 Å². The van der Waals surface area contributed by atoms with Crippen LogP contribution in [-0.4, -0.2) is 59.4 Å². The minimum absolute atomic E-state index is 0.0252. The first-order chi connectivity index (χ1) is 13.1. The smallest absolute Gasteiger partial charge is 0.241 e. The number of hydrogen-bond donors (Lipinski definition) is 2. The Labute approximate surface area is 158 Å². The minimum atomic E-state index is -0.726. The van der Waals surface area contributed by atoms with Crippen LogP contribution in [0.3, 0.4) is 0 Å². The highest BCUT2D eigenvalue weighted by Crippen LogP contribution is 2.11. The number of amides is 2. The van der Waals surface area contributed by atoms with Crippen molar-refractivity contribution >= 4 is 17.8 Å². The van der Waals surface area contributed by atoms with Crippen molar-refractivity contribution in [3.8, 4) is 0 Å². The summed E-state index contributed by atoms with van der Waals surface area (Å²) in [5.74, 6) is 0.434. The van der Waals surface area contributed by atoms with Gasteiger partial charge in [-0.15, -0.1) is 0 Å². The summed E-state index contributed by atoms with van der Waals surface area (Å²) in [5.41, 5.74) is 6.69. The van der Waals surface area contributed by atoms with Crippen LogP contribution >= 0.6 is 0 Å². The van der Waals surface area contributed by atoms with Crippen molar-refractivity contribution < 1.29 is 9.59 Å². The fourth-order valence-corrected chi connectivity index (χ4v) is 2.98. The predicted molar refractivity (Wildman–Crippen MR) is 102 cm³/mol. The highest BCUT2D eigenvalue weighted by molar-refractivity contribution is 5.83. The molecule has 1 atom stereocenters. The molecule has 0 radical (unpaired) electrons. The molecule has 2 amide bonds. The lowest BCUT2D eigenvalue weighted by Crippen LogP contribution is -2.49. The van der Waals surface area contributed by atoms with Gasteiger partial charge in [-0.2, -0.15) is 0 Å². The fourth-order valence-electron chi connectivity index (χ4n) is 2.98. The molecule has 3 rings (SSSR count). The lowest BCUT2D eigenvalue weighted by molar-refractivity contribution is -0.131. The Balaban J connectivity index is 1.39. The third-order valence-corrected chi connectivity index (χ3v) is 4.55. The Morgan fingerprint density at radius 1 is 1.04 bits per heavy atom. The molecule has 0 aliphatic carbocycles. The van der Waals surface area contributed by atoms with Gasteiger partial charge in [-0.05, 0) is 11.6 Å². The zero-order chi connectivity index (χ0) is 19.1. The molecule has 142 valence electrons. The summed E-state index contributed by atoms with van der Waals surface area (Å²) < 4.78 is 0. The van der Waals surface area contributed by atoms with Crippen LogP contribution < -0.4 is 16.0 Å². The van der Waals surface area contributed by atoms with E-state index in [0.29, 0.717) is 32.1 Å². The summed E-state index contributed by atoms with van der Waals surface area (Å²) in [7, 11) is 0. The number of anilines is 1. The summed E-state index contributed by atoms with van der Waals surface area (Å²) in [5, 5.41) is 2.74. The number of hydrogen-bond acceptors (Lipinski definition) is 6. The number of carbonyl (C=O) groups is 2. The number of rotatable bonds is 6. The van der Waals surface area contributed by atoms with Gasteiger partial charge >= 0.3 is 0 Å². The topological polar surface area (TPSA) is 104 Å². The van der Waals surface area contributed by atoms with Crippen molar-refractivity contribution in [3.63, 3.8) is 0 Å². The maximum atomic E-state index is 12.4. The van der Waals surface area contributed by atoms with Gasteiger partial charge in [0, 0.05) is 51.5 Å². The molecule has 1 aliphatic heterocycles. The average Bonchev–Trinajstić information content (AvgIpc) is 2.74. The fraction of sp³-hybridized carbons (Fsp3) is 0.368. The summed E-state index contributed by atoms with van der Waals surface area (Å²) >= 11 is 0. The second-order valence-electron chi connectivity index (χ2n) is 6.35. The highest BCUT2D eigenvalue weighted by atomic mass is 16.2.